The molecule has 0 aromatic rings. The SMILES string of the molecule is CCC(C)N1CCN(S(=O)(=O)C2CCNC2)CC1. The van der Waals surface area contributed by atoms with Crippen LogP contribution in [0.25, 0.3) is 0 Å². The fourth-order valence-corrected chi connectivity index (χ4v) is 4.59. The Labute approximate surface area is 111 Å². The number of piperazine rings is 1. The molecule has 2 aliphatic rings. The molecule has 2 saturated heterocycles. The Kier molecular flexibility index (Phi) is 4.64. The summed E-state index contributed by atoms with van der Waals surface area (Å²) in [4.78, 5) is 2.39. The molecule has 2 unspecified atom stereocenters. The summed E-state index contributed by atoms with van der Waals surface area (Å²) >= 11 is 0. The van der Waals surface area contributed by atoms with E-state index in [4.69, 9.17) is 0 Å². The summed E-state index contributed by atoms with van der Waals surface area (Å²) in [7, 11) is -3.07. The minimum atomic E-state index is -3.07. The van der Waals surface area contributed by atoms with Gasteiger partial charge in [0.15, 0.2) is 0 Å². The first kappa shape index (κ1) is 14.2. The maximum Gasteiger partial charge on any atom is 0.218 e. The number of sulfonamides is 1. The van der Waals surface area contributed by atoms with Crippen molar-refractivity contribution in [2.45, 2.75) is 38.0 Å². The van der Waals surface area contributed by atoms with Crippen molar-refractivity contribution in [2.75, 3.05) is 39.3 Å². The molecule has 5 nitrogen and oxygen atoms in total. The van der Waals surface area contributed by atoms with E-state index in [1.807, 2.05) is 0 Å². The van der Waals surface area contributed by atoms with E-state index in [0.717, 1.165) is 32.5 Å². The van der Waals surface area contributed by atoms with Crippen molar-refractivity contribution in [1.82, 2.24) is 14.5 Å². The van der Waals surface area contributed by atoms with E-state index in [9.17, 15) is 8.42 Å². The fourth-order valence-electron chi connectivity index (χ4n) is 2.75. The normalized spacial score (nSPS) is 29.6. The Morgan fingerprint density at radius 2 is 1.94 bits per heavy atom. The molecule has 0 aromatic carbocycles. The van der Waals surface area contributed by atoms with Gasteiger partial charge in [-0.15, -0.1) is 0 Å². The number of nitrogens with zero attached hydrogens (tertiary/aromatic N) is 2. The molecule has 2 aliphatic heterocycles. The Balaban J connectivity index is 1.92. The number of hydrogen-bond donors (Lipinski definition) is 1. The predicted molar refractivity (Wildman–Crippen MR) is 73.1 cm³/mol. The zero-order valence-corrected chi connectivity index (χ0v) is 12.2. The Morgan fingerprint density at radius 1 is 1.28 bits per heavy atom. The maximum atomic E-state index is 12.4. The van der Waals surface area contributed by atoms with Crippen molar-refractivity contribution in [3.05, 3.63) is 0 Å². The molecule has 106 valence electrons. The molecule has 0 spiro atoms. The summed E-state index contributed by atoms with van der Waals surface area (Å²) in [6.45, 7) is 8.89. The first-order valence-electron chi connectivity index (χ1n) is 6.99. The van der Waals surface area contributed by atoms with Crippen LogP contribution in [0.1, 0.15) is 26.7 Å². The quantitative estimate of drug-likeness (QED) is 0.790. The van der Waals surface area contributed by atoms with Crippen LogP contribution in [-0.2, 0) is 10.0 Å². The molecule has 18 heavy (non-hydrogen) atoms. The van der Waals surface area contributed by atoms with Crippen LogP contribution in [0.4, 0.5) is 0 Å². The molecule has 0 aromatic heterocycles. The van der Waals surface area contributed by atoms with Gasteiger partial charge in [-0.05, 0) is 26.3 Å². The van der Waals surface area contributed by atoms with Gasteiger partial charge >= 0.3 is 0 Å². The Bertz CT molecular complexity index is 358. The molecule has 0 bridgehead atoms. The average molecular weight is 275 g/mol. The maximum absolute atomic E-state index is 12.4. The molecule has 0 aliphatic carbocycles. The predicted octanol–water partition coefficient (Wildman–Crippen LogP) is 0.0942. The number of hydrogen-bond acceptors (Lipinski definition) is 4. The molecule has 2 heterocycles. The van der Waals surface area contributed by atoms with Gasteiger partial charge in [-0.2, -0.15) is 4.31 Å². The molecule has 0 amide bonds. The first-order chi connectivity index (χ1) is 8.55. The van der Waals surface area contributed by atoms with E-state index in [-0.39, 0.29) is 5.25 Å². The summed E-state index contributed by atoms with van der Waals surface area (Å²) in [6.07, 6.45) is 1.88. The lowest BCUT2D eigenvalue weighted by Gasteiger charge is -2.38. The van der Waals surface area contributed by atoms with Crippen molar-refractivity contribution in [1.29, 1.82) is 0 Å². The lowest BCUT2D eigenvalue weighted by Crippen LogP contribution is -2.53. The molecule has 1 N–H and O–H groups in total. The van der Waals surface area contributed by atoms with E-state index >= 15 is 0 Å². The Morgan fingerprint density at radius 3 is 2.44 bits per heavy atom. The average Bonchev–Trinajstić information content (AvgIpc) is 2.92. The molecular formula is C12H25N3O2S. The van der Waals surface area contributed by atoms with Gasteiger partial charge in [0.05, 0.1) is 5.25 Å². The molecular weight excluding hydrogens is 250 g/mol. The summed E-state index contributed by atoms with van der Waals surface area (Å²) in [5, 5.41) is 2.94. The highest BCUT2D eigenvalue weighted by Crippen LogP contribution is 2.18. The van der Waals surface area contributed by atoms with Crippen molar-refractivity contribution < 1.29 is 8.42 Å². The minimum Gasteiger partial charge on any atom is -0.315 e. The standard InChI is InChI=1S/C12H25N3O2S/c1-3-11(2)14-6-8-15(9-7-14)18(16,17)12-4-5-13-10-12/h11-13H,3-10H2,1-2H3. The molecule has 0 saturated carbocycles. The van der Waals surface area contributed by atoms with Crippen LogP contribution >= 0.6 is 0 Å². The molecule has 2 atom stereocenters. The smallest absolute Gasteiger partial charge is 0.218 e. The van der Waals surface area contributed by atoms with Crippen molar-refractivity contribution in [3.63, 3.8) is 0 Å². The van der Waals surface area contributed by atoms with Crippen LogP contribution in [-0.4, -0.2) is 68.2 Å². The molecule has 2 fully saturated rings. The fraction of sp³-hybridized carbons (Fsp3) is 1.00. The van der Waals surface area contributed by atoms with Gasteiger partial charge in [0.1, 0.15) is 0 Å². The van der Waals surface area contributed by atoms with Gasteiger partial charge < -0.3 is 5.32 Å². The van der Waals surface area contributed by atoms with Gasteiger partial charge in [0.2, 0.25) is 10.0 Å². The molecule has 6 heteroatoms. The monoisotopic (exact) mass is 275 g/mol. The highest BCUT2D eigenvalue weighted by molar-refractivity contribution is 7.89. The first-order valence-corrected chi connectivity index (χ1v) is 8.49. The van der Waals surface area contributed by atoms with Crippen LogP contribution in [0.2, 0.25) is 0 Å². The van der Waals surface area contributed by atoms with Crippen LogP contribution in [0.3, 0.4) is 0 Å². The van der Waals surface area contributed by atoms with Crippen LogP contribution in [0.15, 0.2) is 0 Å². The largest absolute Gasteiger partial charge is 0.315 e. The van der Waals surface area contributed by atoms with Crippen LogP contribution in [0.5, 0.6) is 0 Å². The van der Waals surface area contributed by atoms with E-state index in [1.54, 1.807) is 4.31 Å². The second-order valence-electron chi connectivity index (χ2n) is 5.35. The molecule has 2 rings (SSSR count). The van der Waals surface area contributed by atoms with Gasteiger partial charge in [0.25, 0.3) is 0 Å². The second-order valence-corrected chi connectivity index (χ2v) is 7.57. The van der Waals surface area contributed by atoms with E-state index in [0.29, 0.717) is 25.7 Å². The van der Waals surface area contributed by atoms with Crippen LogP contribution in [0, 0.1) is 0 Å². The van der Waals surface area contributed by atoms with Gasteiger partial charge in [-0.25, -0.2) is 8.42 Å². The van der Waals surface area contributed by atoms with Crippen molar-refractivity contribution in [3.8, 4) is 0 Å². The summed E-state index contributed by atoms with van der Waals surface area (Å²) < 4.78 is 26.5. The number of nitrogens with one attached hydrogen (secondary N) is 1. The lowest BCUT2D eigenvalue weighted by atomic mass is 10.2. The summed E-state index contributed by atoms with van der Waals surface area (Å²) in [5.41, 5.74) is 0. The van der Waals surface area contributed by atoms with E-state index in [2.05, 4.69) is 24.1 Å². The van der Waals surface area contributed by atoms with Crippen LogP contribution < -0.4 is 5.32 Å². The zero-order valence-electron chi connectivity index (χ0n) is 11.4. The van der Waals surface area contributed by atoms with Crippen molar-refractivity contribution >= 4 is 10.0 Å². The third-order valence-corrected chi connectivity index (χ3v) is 6.61. The summed E-state index contributed by atoms with van der Waals surface area (Å²) in [6, 6.07) is 0.558. The van der Waals surface area contributed by atoms with E-state index < -0.39 is 10.0 Å². The molecule has 0 radical (unpaired) electrons. The lowest BCUT2D eigenvalue weighted by molar-refractivity contribution is 0.142. The van der Waals surface area contributed by atoms with Crippen molar-refractivity contribution in [2.24, 2.45) is 0 Å². The summed E-state index contributed by atoms with van der Waals surface area (Å²) in [5.74, 6) is 0. The van der Waals surface area contributed by atoms with E-state index in [1.165, 1.54) is 0 Å². The minimum absolute atomic E-state index is 0.201. The second kappa shape index (κ2) is 5.86. The Hall–Kier alpha value is -0.170. The van der Waals surface area contributed by atoms with Gasteiger partial charge in [-0.1, -0.05) is 6.92 Å². The number of rotatable bonds is 4. The van der Waals surface area contributed by atoms with Gasteiger partial charge in [-0.3, -0.25) is 4.90 Å². The highest BCUT2D eigenvalue weighted by atomic mass is 32.2. The van der Waals surface area contributed by atoms with Gasteiger partial charge in [0, 0.05) is 38.8 Å². The highest BCUT2D eigenvalue weighted by Gasteiger charge is 2.36. The topological polar surface area (TPSA) is 52.7 Å². The third kappa shape index (κ3) is 2.87. The zero-order chi connectivity index (χ0) is 13.2. The third-order valence-electron chi connectivity index (χ3n) is 4.28.